The minimum Gasteiger partial charge on any atom is -0.481 e. The van der Waals surface area contributed by atoms with Crippen LogP contribution in [0.1, 0.15) is 52.1 Å². The van der Waals surface area contributed by atoms with E-state index in [9.17, 15) is 22.8 Å². The summed E-state index contributed by atoms with van der Waals surface area (Å²) >= 11 is 13.1. The fourth-order valence-electron chi connectivity index (χ4n) is 4.82. The Morgan fingerprint density at radius 3 is 2.43 bits per heavy atom. The molecule has 1 aliphatic rings. The molecular formula is C26H24Cl2F3N3O3. The van der Waals surface area contributed by atoms with E-state index in [1.807, 2.05) is 4.90 Å². The van der Waals surface area contributed by atoms with Gasteiger partial charge in [0, 0.05) is 42.4 Å². The monoisotopic (exact) mass is 553 g/mol. The van der Waals surface area contributed by atoms with Gasteiger partial charge in [0.1, 0.15) is 5.69 Å². The Kier molecular flexibility index (Phi) is 7.32. The van der Waals surface area contributed by atoms with Gasteiger partial charge in [-0.3, -0.25) is 14.2 Å². The number of hydrogen-bond donors (Lipinski definition) is 1. The molecule has 37 heavy (non-hydrogen) atoms. The number of carboxylic acids is 1. The Bertz CT molecular complexity index is 1420. The van der Waals surface area contributed by atoms with Crippen molar-refractivity contribution in [2.45, 2.75) is 39.3 Å². The van der Waals surface area contributed by atoms with Gasteiger partial charge in [0.05, 0.1) is 26.8 Å². The Morgan fingerprint density at radius 1 is 1.19 bits per heavy atom. The molecule has 1 aliphatic heterocycles. The average molecular weight is 554 g/mol. The van der Waals surface area contributed by atoms with Crippen molar-refractivity contribution >= 4 is 51.7 Å². The van der Waals surface area contributed by atoms with Crippen LogP contribution < -0.4 is 0 Å². The quantitative estimate of drug-likeness (QED) is 0.375. The number of halogens is 5. The zero-order valence-corrected chi connectivity index (χ0v) is 21.6. The largest absolute Gasteiger partial charge is 0.481 e. The predicted octanol–water partition coefficient (Wildman–Crippen LogP) is 6.82. The van der Waals surface area contributed by atoms with Crippen LogP contribution in [-0.2, 0) is 11.0 Å². The Morgan fingerprint density at radius 2 is 1.84 bits per heavy atom. The van der Waals surface area contributed by atoms with Crippen LogP contribution in [0.3, 0.4) is 0 Å². The molecule has 3 aromatic rings. The number of carbonyl (C=O) groups is 2. The number of piperidine rings is 1. The molecule has 2 aromatic heterocycles. The highest BCUT2D eigenvalue weighted by Crippen LogP contribution is 2.37. The molecule has 0 saturated carbocycles. The summed E-state index contributed by atoms with van der Waals surface area (Å²) in [6, 6.07) is 4.12. The maximum Gasteiger partial charge on any atom is 0.433 e. The van der Waals surface area contributed by atoms with Gasteiger partial charge >= 0.3 is 12.1 Å². The topological polar surface area (TPSA) is 75.4 Å². The molecule has 1 fully saturated rings. The first-order valence-electron chi connectivity index (χ1n) is 11.5. The van der Waals surface area contributed by atoms with Crippen LogP contribution in [0.5, 0.6) is 0 Å². The molecule has 0 spiro atoms. The second-order valence-corrected chi connectivity index (χ2v) is 10.0. The van der Waals surface area contributed by atoms with Crippen molar-refractivity contribution in [1.82, 2.24) is 14.5 Å². The highest BCUT2D eigenvalue weighted by atomic mass is 35.5. The summed E-state index contributed by atoms with van der Waals surface area (Å²) in [4.78, 5) is 30.4. The minimum absolute atomic E-state index is 0.000977. The third kappa shape index (κ3) is 5.20. The fraction of sp³-hybridized carbons (Fsp3) is 0.346. The highest BCUT2D eigenvalue weighted by molar-refractivity contribution is 6.41. The maximum absolute atomic E-state index is 13.7. The van der Waals surface area contributed by atoms with E-state index in [4.69, 9.17) is 28.3 Å². The molecule has 6 nitrogen and oxygen atoms in total. The van der Waals surface area contributed by atoms with Crippen LogP contribution in [0.4, 0.5) is 13.2 Å². The van der Waals surface area contributed by atoms with Crippen LogP contribution >= 0.6 is 23.2 Å². The number of aliphatic carboxylic acids is 1. The first-order valence-corrected chi connectivity index (χ1v) is 12.3. The number of carboxylic acid groups (broad SMARTS) is 1. The zero-order chi connectivity index (χ0) is 27.2. The maximum atomic E-state index is 13.7. The Balaban J connectivity index is 1.70. The average Bonchev–Trinajstić information content (AvgIpc) is 3.15. The lowest BCUT2D eigenvalue weighted by Gasteiger charge is -2.34. The molecule has 0 amide bonds. The number of likely N-dealkylation sites (tertiary alicyclic amines) is 1. The van der Waals surface area contributed by atoms with E-state index in [-0.39, 0.29) is 44.5 Å². The van der Waals surface area contributed by atoms with Crippen molar-refractivity contribution in [3.8, 4) is 0 Å². The van der Waals surface area contributed by atoms with Gasteiger partial charge in [-0.1, -0.05) is 29.8 Å². The van der Waals surface area contributed by atoms with Crippen LogP contribution in [0.25, 0.3) is 16.6 Å². The third-order valence-corrected chi connectivity index (χ3v) is 7.45. The number of carbonyl (C=O) groups excluding carboxylic acids is 1. The van der Waals surface area contributed by atoms with E-state index in [0.717, 1.165) is 6.07 Å². The van der Waals surface area contributed by atoms with Gasteiger partial charge in [-0.05, 0) is 56.4 Å². The number of aromatic nitrogens is 2. The fourth-order valence-corrected chi connectivity index (χ4v) is 5.46. The lowest BCUT2D eigenvalue weighted by atomic mass is 9.93. The van der Waals surface area contributed by atoms with Crippen LogP contribution in [0, 0.1) is 19.8 Å². The zero-order valence-electron chi connectivity index (χ0n) is 20.1. The number of benzene rings is 1. The Labute approximate surface area is 221 Å². The summed E-state index contributed by atoms with van der Waals surface area (Å²) in [5.41, 5.74) is 0.789. The van der Waals surface area contributed by atoms with Crippen molar-refractivity contribution in [3.63, 3.8) is 0 Å². The summed E-state index contributed by atoms with van der Waals surface area (Å²) < 4.78 is 41.1. The van der Waals surface area contributed by atoms with Gasteiger partial charge in [-0.25, -0.2) is 4.98 Å². The van der Waals surface area contributed by atoms with Crippen molar-refractivity contribution in [2.24, 2.45) is 5.92 Å². The number of rotatable bonds is 5. The van der Waals surface area contributed by atoms with Gasteiger partial charge in [0.25, 0.3) is 5.91 Å². The number of pyridine rings is 1. The highest BCUT2D eigenvalue weighted by Gasteiger charge is 2.34. The lowest BCUT2D eigenvalue weighted by Crippen LogP contribution is -2.33. The van der Waals surface area contributed by atoms with Crippen molar-refractivity contribution < 1.29 is 27.9 Å². The lowest BCUT2D eigenvalue weighted by molar-refractivity contribution is -0.141. The third-order valence-electron chi connectivity index (χ3n) is 6.74. The molecule has 1 N–H and O–H groups in total. The van der Waals surface area contributed by atoms with Crippen LogP contribution in [0.15, 0.2) is 31.0 Å². The molecule has 0 bridgehead atoms. The van der Waals surface area contributed by atoms with E-state index in [1.54, 1.807) is 13.0 Å². The number of aryl methyl sites for hydroxylation is 2. The van der Waals surface area contributed by atoms with E-state index in [0.29, 0.717) is 42.8 Å². The second-order valence-electron chi connectivity index (χ2n) is 9.23. The standard InChI is InChI=1S/C26H24Cl2F3N3O3/c1-13-12-34(24-14(2)32-20(11-18(13)24)26(29,30)31)25(37)22-19(27)5-4-17(23(22)28)15(3)33-8-6-16(7-9-33)10-21(35)36/h4-5,11-12,16H,3,6-10H2,1-2H3,(H,35,36). The van der Waals surface area contributed by atoms with E-state index >= 15 is 0 Å². The molecule has 3 heterocycles. The van der Waals surface area contributed by atoms with Crippen molar-refractivity contribution in [1.29, 1.82) is 0 Å². The van der Waals surface area contributed by atoms with Crippen molar-refractivity contribution in [3.05, 3.63) is 69.1 Å². The summed E-state index contributed by atoms with van der Waals surface area (Å²) in [6.45, 7) is 8.35. The van der Waals surface area contributed by atoms with E-state index < -0.39 is 23.7 Å². The normalized spacial score (nSPS) is 14.8. The van der Waals surface area contributed by atoms with Gasteiger partial charge in [0.2, 0.25) is 0 Å². The summed E-state index contributed by atoms with van der Waals surface area (Å²) in [6.07, 6.45) is -1.69. The number of nitrogens with zero attached hydrogens (tertiary/aromatic N) is 3. The molecule has 0 atom stereocenters. The first-order chi connectivity index (χ1) is 17.3. The summed E-state index contributed by atoms with van der Waals surface area (Å²) in [7, 11) is 0. The molecular weight excluding hydrogens is 530 g/mol. The molecule has 1 aromatic carbocycles. The van der Waals surface area contributed by atoms with Gasteiger partial charge in [0.15, 0.2) is 0 Å². The summed E-state index contributed by atoms with van der Waals surface area (Å²) in [5, 5.41) is 9.46. The predicted molar refractivity (Wildman–Crippen MR) is 136 cm³/mol. The van der Waals surface area contributed by atoms with E-state index in [1.165, 1.54) is 23.8 Å². The molecule has 0 radical (unpaired) electrons. The molecule has 4 rings (SSSR count). The van der Waals surface area contributed by atoms with Crippen LogP contribution in [-0.4, -0.2) is 44.5 Å². The summed E-state index contributed by atoms with van der Waals surface area (Å²) in [5.74, 6) is -1.35. The van der Waals surface area contributed by atoms with Crippen molar-refractivity contribution in [2.75, 3.05) is 13.1 Å². The van der Waals surface area contributed by atoms with Gasteiger partial charge in [-0.2, -0.15) is 13.2 Å². The smallest absolute Gasteiger partial charge is 0.433 e. The molecule has 0 aliphatic carbocycles. The van der Waals surface area contributed by atoms with Crippen LogP contribution in [0.2, 0.25) is 10.0 Å². The van der Waals surface area contributed by atoms with Gasteiger partial charge < -0.3 is 10.0 Å². The minimum atomic E-state index is -4.62. The number of fused-ring (bicyclic) bond motifs is 1. The molecule has 0 unspecified atom stereocenters. The molecule has 11 heteroatoms. The first kappa shape index (κ1) is 27.0. The molecule has 1 saturated heterocycles. The van der Waals surface area contributed by atoms with Gasteiger partial charge in [-0.15, -0.1) is 0 Å². The van der Waals surface area contributed by atoms with E-state index in [2.05, 4.69) is 11.6 Å². The number of alkyl halides is 3. The SMILES string of the molecule is C=C(c1ccc(Cl)c(C(=O)n2cc(C)c3cc(C(F)(F)F)nc(C)c32)c1Cl)N1CCC(CC(=O)O)CC1. The second kappa shape index (κ2) is 10.0. The molecule has 196 valence electrons. The number of hydrogen-bond acceptors (Lipinski definition) is 4. The Hall–Kier alpha value is -3.04.